The van der Waals surface area contributed by atoms with Gasteiger partial charge in [-0.25, -0.2) is 0 Å². The predicted molar refractivity (Wildman–Crippen MR) is 86.3 cm³/mol. The van der Waals surface area contributed by atoms with Gasteiger partial charge in [-0.05, 0) is 18.2 Å². The van der Waals surface area contributed by atoms with E-state index < -0.39 is 0 Å². The van der Waals surface area contributed by atoms with Gasteiger partial charge in [0.1, 0.15) is 0 Å². The molecule has 0 unspecified atom stereocenters. The summed E-state index contributed by atoms with van der Waals surface area (Å²) in [4.78, 5) is 23.2. The smallest absolute Gasteiger partial charge is 0.217 e. The Morgan fingerprint density at radius 1 is 1.14 bits per heavy atom. The standard InChI is InChI=1S/C18H16N2O2/c1-13(21)20-11-5-6-14-9-10-17(19)16(12-14)18(22)15-7-3-2-4-8-15/h2-4,7-10,12H,11,19H2,1H3,(H,20,21). The normalized spacial score (nSPS) is 9.50. The molecule has 0 fully saturated rings. The Bertz CT molecular complexity index is 756. The van der Waals surface area contributed by atoms with Crippen LogP contribution in [0.25, 0.3) is 0 Å². The molecule has 22 heavy (non-hydrogen) atoms. The Morgan fingerprint density at radius 2 is 1.86 bits per heavy atom. The topological polar surface area (TPSA) is 72.2 Å². The van der Waals surface area contributed by atoms with Crippen molar-refractivity contribution >= 4 is 17.4 Å². The van der Waals surface area contributed by atoms with Crippen molar-refractivity contribution in [2.75, 3.05) is 12.3 Å². The molecule has 0 saturated heterocycles. The van der Waals surface area contributed by atoms with E-state index >= 15 is 0 Å². The zero-order valence-corrected chi connectivity index (χ0v) is 12.2. The number of hydrogen-bond donors (Lipinski definition) is 2. The number of rotatable bonds is 3. The number of hydrogen-bond acceptors (Lipinski definition) is 3. The number of nitrogen functional groups attached to an aromatic ring is 1. The second-order valence-electron chi connectivity index (χ2n) is 4.71. The van der Waals surface area contributed by atoms with Crippen LogP contribution in [0, 0.1) is 11.8 Å². The van der Waals surface area contributed by atoms with Gasteiger partial charge in [0.2, 0.25) is 5.91 Å². The summed E-state index contributed by atoms with van der Waals surface area (Å²) in [6.07, 6.45) is 0. The van der Waals surface area contributed by atoms with Gasteiger partial charge in [0, 0.05) is 29.3 Å². The van der Waals surface area contributed by atoms with Crippen molar-refractivity contribution in [3.05, 3.63) is 65.2 Å². The van der Waals surface area contributed by atoms with Gasteiger partial charge in [0.05, 0.1) is 6.54 Å². The number of amides is 1. The molecule has 0 bridgehead atoms. The first-order valence-electron chi connectivity index (χ1n) is 6.80. The molecule has 3 N–H and O–H groups in total. The van der Waals surface area contributed by atoms with E-state index in [9.17, 15) is 9.59 Å². The highest BCUT2D eigenvalue weighted by Gasteiger charge is 2.12. The maximum Gasteiger partial charge on any atom is 0.217 e. The van der Waals surface area contributed by atoms with Crippen molar-refractivity contribution in [2.45, 2.75) is 6.92 Å². The summed E-state index contributed by atoms with van der Waals surface area (Å²) in [6, 6.07) is 14.0. The van der Waals surface area contributed by atoms with Gasteiger partial charge in [-0.2, -0.15) is 0 Å². The highest BCUT2D eigenvalue weighted by molar-refractivity contribution is 6.12. The third-order valence-electron chi connectivity index (χ3n) is 2.99. The molecule has 0 atom stereocenters. The van der Waals surface area contributed by atoms with Gasteiger partial charge in [-0.1, -0.05) is 42.2 Å². The lowest BCUT2D eigenvalue weighted by Crippen LogP contribution is -2.19. The number of carbonyl (C=O) groups is 2. The zero-order valence-electron chi connectivity index (χ0n) is 12.2. The van der Waals surface area contributed by atoms with Crippen LogP contribution < -0.4 is 11.1 Å². The maximum atomic E-state index is 12.5. The fourth-order valence-electron chi connectivity index (χ4n) is 1.89. The van der Waals surface area contributed by atoms with E-state index in [0.717, 1.165) is 0 Å². The Hall–Kier alpha value is -3.06. The van der Waals surface area contributed by atoms with E-state index in [-0.39, 0.29) is 18.2 Å². The molecule has 110 valence electrons. The summed E-state index contributed by atoms with van der Waals surface area (Å²) in [5, 5.41) is 2.59. The van der Waals surface area contributed by atoms with Gasteiger partial charge < -0.3 is 11.1 Å². The summed E-state index contributed by atoms with van der Waals surface area (Å²) in [5.41, 5.74) is 8.00. The first kappa shape index (κ1) is 15.3. The molecule has 0 saturated carbocycles. The van der Waals surface area contributed by atoms with Crippen LogP contribution >= 0.6 is 0 Å². The molecule has 0 aromatic heterocycles. The van der Waals surface area contributed by atoms with Crippen LogP contribution in [0.1, 0.15) is 28.4 Å². The minimum Gasteiger partial charge on any atom is -0.398 e. The van der Waals surface area contributed by atoms with Gasteiger partial charge >= 0.3 is 0 Å². The minimum absolute atomic E-state index is 0.133. The lowest BCUT2D eigenvalue weighted by molar-refractivity contribution is -0.118. The molecule has 2 aromatic rings. The number of nitrogens with two attached hydrogens (primary N) is 1. The van der Waals surface area contributed by atoms with Crippen LogP contribution in [-0.4, -0.2) is 18.2 Å². The molecule has 0 spiro atoms. The number of benzene rings is 2. The van der Waals surface area contributed by atoms with Gasteiger partial charge in [-0.15, -0.1) is 0 Å². The highest BCUT2D eigenvalue weighted by atomic mass is 16.1. The molecule has 2 rings (SSSR count). The molecule has 0 aliphatic carbocycles. The number of anilines is 1. The van der Waals surface area contributed by atoms with Crippen LogP contribution in [0.4, 0.5) is 5.69 Å². The lowest BCUT2D eigenvalue weighted by Gasteiger charge is -2.05. The van der Waals surface area contributed by atoms with E-state index in [0.29, 0.717) is 22.4 Å². The Morgan fingerprint density at radius 3 is 2.55 bits per heavy atom. The molecule has 2 aromatic carbocycles. The second-order valence-corrected chi connectivity index (χ2v) is 4.71. The van der Waals surface area contributed by atoms with E-state index in [2.05, 4.69) is 17.2 Å². The molecule has 0 aliphatic heterocycles. The molecule has 4 heteroatoms. The average Bonchev–Trinajstić information content (AvgIpc) is 2.53. The number of nitrogens with one attached hydrogen (secondary N) is 1. The van der Waals surface area contributed by atoms with Crippen molar-refractivity contribution in [2.24, 2.45) is 0 Å². The minimum atomic E-state index is -0.136. The Labute approximate surface area is 129 Å². The van der Waals surface area contributed by atoms with Crippen molar-refractivity contribution in [1.82, 2.24) is 5.32 Å². The molecule has 0 aliphatic rings. The second kappa shape index (κ2) is 7.09. The van der Waals surface area contributed by atoms with Crippen LogP contribution in [0.15, 0.2) is 48.5 Å². The fraction of sp³-hybridized carbons (Fsp3) is 0.111. The molecule has 1 amide bonds. The molecule has 0 radical (unpaired) electrons. The summed E-state index contributed by atoms with van der Waals surface area (Å²) in [6.45, 7) is 1.70. The SMILES string of the molecule is CC(=O)NCC#Cc1ccc(N)c(C(=O)c2ccccc2)c1. The van der Waals surface area contributed by atoms with Gasteiger partial charge in [0.15, 0.2) is 5.78 Å². The largest absolute Gasteiger partial charge is 0.398 e. The van der Waals surface area contributed by atoms with Crippen molar-refractivity contribution in [3.63, 3.8) is 0 Å². The Balaban J connectivity index is 2.24. The van der Waals surface area contributed by atoms with Crippen LogP contribution in [0.3, 0.4) is 0 Å². The summed E-state index contributed by atoms with van der Waals surface area (Å²) in [7, 11) is 0. The highest BCUT2D eigenvalue weighted by Crippen LogP contribution is 2.18. The van der Waals surface area contributed by atoms with Crippen LogP contribution in [-0.2, 0) is 4.79 Å². The quantitative estimate of drug-likeness (QED) is 0.516. The third-order valence-corrected chi connectivity index (χ3v) is 2.99. The van der Waals surface area contributed by atoms with Crippen LogP contribution in [0.2, 0.25) is 0 Å². The van der Waals surface area contributed by atoms with E-state index in [4.69, 9.17) is 5.73 Å². The van der Waals surface area contributed by atoms with Crippen molar-refractivity contribution in [1.29, 1.82) is 0 Å². The van der Waals surface area contributed by atoms with Gasteiger partial charge in [-0.3, -0.25) is 9.59 Å². The summed E-state index contributed by atoms with van der Waals surface area (Å²) < 4.78 is 0. The van der Waals surface area contributed by atoms with Crippen molar-refractivity contribution < 1.29 is 9.59 Å². The van der Waals surface area contributed by atoms with E-state index in [1.165, 1.54) is 6.92 Å². The van der Waals surface area contributed by atoms with E-state index in [1.54, 1.807) is 42.5 Å². The molecular weight excluding hydrogens is 276 g/mol. The molecule has 0 heterocycles. The summed E-state index contributed by atoms with van der Waals surface area (Å²) in [5.74, 6) is 5.46. The third kappa shape index (κ3) is 3.97. The van der Waals surface area contributed by atoms with Gasteiger partial charge in [0.25, 0.3) is 0 Å². The first-order valence-corrected chi connectivity index (χ1v) is 6.80. The average molecular weight is 292 g/mol. The zero-order chi connectivity index (χ0) is 15.9. The van der Waals surface area contributed by atoms with Crippen LogP contribution in [0.5, 0.6) is 0 Å². The number of carbonyl (C=O) groups excluding carboxylic acids is 2. The monoisotopic (exact) mass is 292 g/mol. The predicted octanol–water partition coefficient (Wildman–Crippen LogP) is 1.99. The fourth-order valence-corrected chi connectivity index (χ4v) is 1.89. The lowest BCUT2D eigenvalue weighted by atomic mass is 10.00. The number of ketones is 1. The van der Waals surface area contributed by atoms with E-state index in [1.807, 2.05) is 6.07 Å². The Kier molecular flexibility index (Phi) is 4.94. The first-order chi connectivity index (χ1) is 10.6. The summed E-state index contributed by atoms with van der Waals surface area (Å²) >= 11 is 0. The maximum absolute atomic E-state index is 12.5. The van der Waals surface area contributed by atoms with Crippen molar-refractivity contribution in [3.8, 4) is 11.8 Å². The molecule has 4 nitrogen and oxygen atoms in total. The molecular formula is C18H16N2O2.